The van der Waals surface area contributed by atoms with Crippen molar-refractivity contribution < 1.29 is 14.3 Å². The highest BCUT2D eigenvalue weighted by molar-refractivity contribution is 6.09. The summed E-state index contributed by atoms with van der Waals surface area (Å²) in [7, 11) is 1.23. The predicted molar refractivity (Wildman–Crippen MR) is 96.6 cm³/mol. The van der Waals surface area contributed by atoms with Crippen molar-refractivity contribution in [1.29, 1.82) is 0 Å². The second kappa shape index (κ2) is 6.90. The highest BCUT2D eigenvalue weighted by Crippen LogP contribution is 2.46. The smallest absolute Gasteiger partial charge is 0.314 e. The number of esters is 1. The molecule has 0 aromatic heterocycles. The minimum absolute atomic E-state index is 0.0182. The van der Waals surface area contributed by atoms with Crippen molar-refractivity contribution in [2.75, 3.05) is 12.4 Å². The number of methoxy groups -OCH3 is 1. The Morgan fingerprint density at radius 3 is 2.62 bits per heavy atom. The van der Waals surface area contributed by atoms with Crippen molar-refractivity contribution >= 4 is 17.6 Å². The molecule has 3 rings (SSSR count). The van der Waals surface area contributed by atoms with Gasteiger partial charge in [0.1, 0.15) is 11.5 Å². The van der Waals surface area contributed by atoms with E-state index in [1.54, 1.807) is 0 Å². The molecule has 0 bridgehead atoms. The number of azide groups is 1. The number of nitrogens with zero attached hydrogens (tertiary/aromatic N) is 3. The zero-order chi connectivity index (χ0) is 18.7. The number of para-hydroxylation sites is 1. The monoisotopic (exact) mass is 350 g/mol. The summed E-state index contributed by atoms with van der Waals surface area (Å²) in [5, 5.41) is 6.46. The lowest BCUT2D eigenvalue weighted by molar-refractivity contribution is -0.142. The number of anilines is 1. The van der Waals surface area contributed by atoms with Crippen molar-refractivity contribution in [3.05, 3.63) is 75.7 Å². The molecule has 1 aliphatic rings. The van der Waals surface area contributed by atoms with Crippen molar-refractivity contribution in [3.63, 3.8) is 0 Å². The van der Waals surface area contributed by atoms with E-state index in [-0.39, 0.29) is 12.3 Å². The molecular formula is C19H18N4O3. The Labute approximate surface area is 150 Å². The van der Waals surface area contributed by atoms with Gasteiger partial charge >= 0.3 is 5.97 Å². The van der Waals surface area contributed by atoms with E-state index in [2.05, 4.69) is 15.3 Å². The van der Waals surface area contributed by atoms with Gasteiger partial charge in [0.15, 0.2) is 0 Å². The maximum Gasteiger partial charge on any atom is 0.314 e. The fourth-order valence-electron chi connectivity index (χ4n) is 3.42. The summed E-state index contributed by atoms with van der Waals surface area (Å²) < 4.78 is 4.76. The van der Waals surface area contributed by atoms with Crippen LogP contribution in [0.3, 0.4) is 0 Å². The molecular weight excluding hydrogens is 332 g/mol. The number of nitrogens with one attached hydrogen (secondary N) is 1. The number of benzene rings is 2. The Hall–Kier alpha value is -3.31. The van der Waals surface area contributed by atoms with E-state index in [1.807, 2.05) is 55.5 Å². The molecule has 0 spiro atoms. The summed E-state index contributed by atoms with van der Waals surface area (Å²) in [5.41, 5.74) is 10.9. The number of hydrogen-bond acceptors (Lipinski definition) is 4. The van der Waals surface area contributed by atoms with Gasteiger partial charge in [-0.05, 0) is 36.1 Å². The molecule has 132 valence electrons. The van der Waals surface area contributed by atoms with E-state index >= 15 is 0 Å². The number of ether oxygens (including phenoxy) is 1. The number of amides is 1. The molecule has 1 amide bonds. The Morgan fingerprint density at radius 1 is 1.27 bits per heavy atom. The highest BCUT2D eigenvalue weighted by Gasteiger charge is 2.50. The number of rotatable bonds is 5. The largest absolute Gasteiger partial charge is 0.469 e. The van der Waals surface area contributed by atoms with Crippen LogP contribution in [0.15, 0.2) is 53.6 Å². The highest BCUT2D eigenvalue weighted by atomic mass is 16.5. The second-order valence-electron chi connectivity index (χ2n) is 6.22. The van der Waals surface area contributed by atoms with E-state index in [0.717, 1.165) is 16.7 Å². The molecule has 7 nitrogen and oxygen atoms in total. The third-order valence-corrected chi connectivity index (χ3v) is 4.73. The van der Waals surface area contributed by atoms with E-state index < -0.39 is 17.4 Å². The van der Waals surface area contributed by atoms with Crippen LogP contribution in [0.5, 0.6) is 0 Å². The maximum absolute atomic E-state index is 13.1. The summed E-state index contributed by atoms with van der Waals surface area (Å²) in [4.78, 5) is 28.0. The molecule has 2 aromatic rings. The van der Waals surface area contributed by atoms with Crippen molar-refractivity contribution in [1.82, 2.24) is 0 Å². The zero-order valence-corrected chi connectivity index (χ0v) is 14.5. The molecule has 0 fully saturated rings. The topological polar surface area (TPSA) is 104 Å². The van der Waals surface area contributed by atoms with E-state index in [4.69, 9.17) is 10.3 Å². The molecule has 1 N–H and O–H groups in total. The molecule has 1 heterocycles. The summed E-state index contributed by atoms with van der Waals surface area (Å²) >= 11 is 0. The van der Waals surface area contributed by atoms with E-state index in [9.17, 15) is 9.59 Å². The van der Waals surface area contributed by atoms with Crippen LogP contribution >= 0.6 is 0 Å². The average molecular weight is 350 g/mol. The van der Waals surface area contributed by atoms with Crippen LogP contribution in [-0.2, 0) is 19.7 Å². The van der Waals surface area contributed by atoms with Gasteiger partial charge in [0, 0.05) is 10.6 Å². The van der Waals surface area contributed by atoms with E-state index in [1.165, 1.54) is 7.11 Å². The third-order valence-electron chi connectivity index (χ3n) is 4.73. The Morgan fingerprint density at radius 2 is 1.96 bits per heavy atom. The van der Waals surface area contributed by atoms with Crippen LogP contribution in [0.1, 0.15) is 23.1 Å². The lowest BCUT2D eigenvalue weighted by Gasteiger charge is -2.30. The molecule has 7 heteroatoms. The lowest BCUT2D eigenvalue weighted by Crippen LogP contribution is -2.41. The molecule has 1 aliphatic heterocycles. The summed E-state index contributed by atoms with van der Waals surface area (Å²) in [6, 6.07) is 13.7. The number of fused-ring (bicyclic) bond motifs is 1. The molecule has 0 aliphatic carbocycles. The first-order valence-corrected chi connectivity index (χ1v) is 8.13. The summed E-state index contributed by atoms with van der Waals surface area (Å²) in [6.07, 6.45) is -0.0182. The van der Waals surface area contributed by atoms with Crippen molar-refractivity contribution in [3.8, 4) is 0 Å². The normalized spacial score (nSPS) is 19.1. The fraction of sp³-hybridized carbons (Fsp3) is 0.263. The predicted octanol–water partition coefficient (Wildman–Crippen LogP) is 3.48. The lowest BCUT2D eigenvalue weighted by atomic mass is 9.71. The average Bonchev–Trinajstić information content (AvgIpc) is 2.94. The van der Waals surface area contributed by atoms with Crippen molar-refractivity contribution in [2.24, 2.45) is 5.11 Å². The van der Waals surface area contributed by atoms with Crippen LogP contribution in [0.4, 0.5) is 5.69 Å². The van der Waals surface area contributed by atoms with Crippen LogP contribution < -0.4 is 5.32 Å². The van der Waals surface area contributed by atoms with Gasteiger partial charge in [0.05, 0.1) is 7.11 Å². The molecule has 0 radical (unpaired) electrons. The first-order chi connectivity index (χ1) is 12.5. The Kier molecular flexibility index (Phi) is 4.65. The number of hydrogen-bond donors (Lipinski definition) is 1. The molecule has 0 saturated heterocycles. The van der Waals surface area contributed by atoms with Gasteiger partial charge in [0.2, 0.25) is 5.91 Å². The molecule has 26 heavy (non-hydrogen) atoms. The minimum atomic E-state index is -1.14. The van der Waals surface area contributed by atoms with Crippen LogP contribution in [-0.4, -0.2) is 25.0 Å². The summed E-state index contributed by atoms with van der Waals surface area (Å²) in [5.74, 6) is -0.934. The molecule has 2 atom stereocenters. The third kappa shape index (κ3) is 2.78. The van der Waals surface area contributed by atoms with Crippen LogP contribution in [0.2, 0.25) is 0 Å². The van der Waals surface area contributed by atoms with Gasteiger partial charge in [-0.25, -0.2) is 0 Å². The van der Waals surface area contributed by atoms with E-state index in [0.29, 0.717) is 5.69 Å². The fourth-order valence-corrected chi connectivity index (χ4v) is 3.42. The number of carbonyl (C=O) groups excluding carboxylic acids is 2. The van der Waals surface area contributed by atoms with Crippen LogP contribution in [0, 0.1) is 6.92 Å². The standard InChI is InChI=1S/C19H18N4O3/c1-12-7-9-13(10-8-12)19(11-16(22-23-20)17(24)26-2)14-5-3-4-6-15(14)21-18(19)25/h3-10,16H,11H2,1-2H3,(H,21,25)/t16-,19+/m0/s1. The number of aryl methyl sites for hydroxylation is 1. The molecule has 2 aromatic carbocycles. The molecule has 0 unspecified atom stereocenters. The van der Waals surface area contributed by atoms with Gasteiger partial charge in [-0.2, -0.15) is 0 Å². The molecule has 0 saturated carbocycles. The Balaban J connectivity index is 2.20. The second-order valence-corrected chi connectivity index (χ2v) is 6.22. The van der Waals surface area contributed by atoms with Crippen molar-refractivity contribution in [2.45, 2.75) is 24.8 Å². The SMILES string of the molecule is COC(=O)[C@H](C[C@]1(c2ccc(C)cc2)C(=O)Nc2ccccc21)N=[N+]=[N-]. The van der Waals surface area contributed by atoms with Crippen LogP contribution in [0.25, 0.3) is 10.4 Å². The zero-order valence-electron chi connectivity index (χ0n) is 14.5. The minimum Gasteiger partial charge on any atom is -0.469 e. The van der Waals surface area contributed by atoms with Gasteiger partial charge in [-0.3, -0.25) is 9.59 Å². The number of carbonyl (C=O) groups is 2. The van der Waals surface area contributed by atoms with Gasteiger partial charge in [-0.15, -0.1) is 0 Å². The maximum atomic E-state index is 13.1. The Bertz CT molecular complexity index is 903. The first-order valence-electron chi connectivity index (χ1n) is 8.13. The van der Waals surface area contributed by atoms with Gasteiger partial charge in [-0.1, -0.05) is 53.1 Å². The van der Waals surface area contributed by atoms with Gasteiger partial charge < -0.3 is 10.1 Å². The van der Waals surface area contributed by atoms with Gasteiger partial charge in [0.25, 0.3) is 0 Å². The summed E-state index contributed by atoms with van der Waals surface area (Å²) in [6.45, 7) is 1.95. The first kappa shape index (κ1) is 17.5. The quantitative estimate of drug-likeness (QED) is 0.386.